The Morgan fingerprint density at radius 2 is 1.57 bits per heavy atom. The van der Waals surface area contributed by atoms with Crippen molar-refractivity contribution in [2.45, 2.75) is 39.8 Å². The quantitative estimate of drug-likeness (QED) is 0.621. The second kappa shape index (κ2) is 10.3. The molecule has 0 aliphatic heterocycles. The lowest BCUT2D eigenvalue weighted by atomic mass is 10.2. The van der Waals surface area contributed by atoms with Crippen LogP contribution in [0.2, 0.25) is 0 Å². The Balaban J connectivity index is 1.97. The Kier molecular flexibility index (Phi) is 8.11. The smallest absolute Gasteiger partial charge is 0.241 e. The number of sulfonamides is 1. The van der Waals surface area contributed by atoms with Crippen LogP contribution in [0.3, 0.4) is 0 Å². The number of ether oxygens (including phenoxy) is 2. The summed E-state index contributed by atoms with van der Waals surface area (Å²) in [6, 6.07) is 13.9. The van der Waals surface area contributed by atoms with E-state index in [1.165, 1.54) is 0 Å². The lowest BCUT2D eigenvalue weighted by Crippen LogP contribution is -2.44. The number of aryl methyl sites for hydroxylation is 1. The molecule has 0 aliphatic carbocycles. The van der Waals surface area contributed by atoms with Crippen molar-refractivity contribution in [3.63, 3.8) is 0 Å². The van der Waals surface area contributed by atoms with Crippen LogP contribution in [-0.4, -0.2) is 45.9 Å². The van der Waals surface area contributed by atoms with Crippen molar-refractivity contribution in [3.05, 3.63) is 54.1 Å². The second-order valence-corrected chi connectivity index (χ2v) is 9.43. The molecule has 1 atom stereocenters. The van der Waals surface area contributed by atoms with Crippen molar-refractivity contribution in [2.75, 3.05) is 23.7 Å². The molecule has 164 valence electrons. The number of nitrogens with zero attached hydrogens (tertiary/aromatic N) is 1. The summed E-state index contributed by atoms with van der Waals surface area (Å²) in [5, 5.41) is 2.78. The van der Waals surface area contributed by atoms with Crippen molar-refractivity contribution in [2.24, 2.45) is 0 Å². The Bertz CT molecular complexity index is 925. The number of hydrogen-bond donors (Lipinski definition) is 1. The summed E-state index contributed by atoms with van der Waals surface area (Å²) < 4.78 is 36.8. The van der Waals surface area contributed by atoms with E-state index in [1.807, 2.05) is 45.0 Å². The van der Waals surface area contributed by atoms with Crippen LogP contribution in [-0.2, 0) is 14.8 Å². The largest absolute Gasteiger partial charge is 0.491 e. The topological polar surface area (TPSA) is 84.9 Å². The number of carbonyl (C=O) groups is 1. The van der Waals surface area contributed by atoms with Gasteiger partial charge >= 0.3 is 0 Å². The molecular formula is C22H30N2O5S. The minimum absolute atomic E-state index is 0.0104. The van der Waals surface area contributed by atoms with Crippen LogP contribution in [0, 0.1) is 6.92 Å². The first-order valence-electron chi connectivity index (χ1n) is 9.78. The Morgan fingerprint density at radius 1 is 1.00 bits per heavy atom. The van der Waals surface area contributed by atoms with Crippen LogP contribution in [0.25, 0.3) is 0 Å². The van der Waals surface area contributed by atoms with Crippen LogP contribution >= 0.6 is 0 Å². The molecule has 2 rings (SSSR count). The molecule has 7 nitrogen and oxygen atoms in total. The van der Waals surface area contributed by atoms with Gasteiger partial charge in [-0.15, -0.1) is 0 Å². The summed E-state index contributed by atoms with van der Waals surface area (Å²) >= 11 is 0. The Labute approximate surface area is 179 Å². The van der Waals surface area contributed by atoms with Gasteiger partial charge in [0.05, 0.1) is 24.1 Å². The summed E-state index contributed by atoms with van der Waals surface area (Å²) in [5.41, 5.74) is 1.53. The van der Waals surface area contributed by atoms with E-state index in [1.54, 1.807) is 31.2 Å². The van der Waals surface area contributed by atoms with E-state index < -0.39 is 15.9 Å². The highest BCUT2D eigenvalue weighted by Crippen LogP contribution is 2.22. The van der Waals surface area contributed by atoms with Crippen LogP contribution in [0.1, 0.15) is 26.3 Å². The van der Waals surface area contributed by atoms with E-state index in [9.17, 15) is 13.2 Å². The third-order valence-electron chi connectivity index (χ3n) is 4.11. The van der Waals surface area contributed by atoms with Crippen molar-refractivity contribution in [1.29, 1.82) is 0 Å². The first kappa shape index (κ1) is 23.5. The van der Waals surface area contributed by atoms with Gasteiger partial charge in [-0.2, -0.15) is 0 Å². The fourth-order valence-corrected chi connectivity index (χ4v) is 3.57. The van der Waals surface area contributed by atoms with E-state index in [0.29, 0.717) is 17.2 Å². The first-order valence-corrected chi connectivity index (χ1v) is 11.6. The van der Waals surface area contributed by atoms with Crippen molar-refractivity contribution >= 4 is 21.6 Å². The molecule has 1 amide bonds. The van der Waals surface area contributed by atoms with E-state index >= 15 is 0 Å². The predicted octanol–water partition coefficient (Wildman–Crippen LogP) is 3.13. The molecular weight excluding hydrogens is 404 g/mol. The lowest BCUT2D eigenvalue weighted by molar-refractivity contribution is -0.120. The molecule has 0 bridgehead atoms. The summed E-state index contributed by atoms with van der Waals surface area (Å²) in [7, 11) is -3.64. The fraction of sp³-hybridized carbons (Fsp3) is 0.409. The van der Waals surface area contributed by atoms with Crippen LogP contribution in [0.5, 0.6) is 11.5 Å². The summed E-state index contributed by atoms with van der Waals surface area (Å²) in [5.74, 6) is 0.930. The minimum Gasteiger partial charge on any atom is -0.491 e. The van der Waals surface area contributed by atoms with Gasteiger partial charge in [0, 0.05) is 0 Å². The Morgan fingerprint density at radius 3 is 2.10 bits per heavy atom. The van der Waals surface area contributed by atoms with E-state index in [-0.39, 0.29) is 25.3 Å². The van der Waals surface area contributed by atoms with Gasteiger partial charge in [-0.05, 0) is 64.1 Å². The maximum absolute atomic E-state index is 12.5. The van der Waals surface area contributed by atoms with Gasteiger partial charge in [0.25, 0.3) is 0 Å². The third-order valence-corrected chi connectivity index (χ3v) is 5.25. The summed E-state index contributed by atoms with van der Waals surface area (Å²) in [6.07, 6.45) is 1.08. The fourth-order valence-electron chi connectivity index (χ4n) is 2.71. The van der Waals surface area contributed by atoms with Gasteiger partial charge in [-0.1, -0.05) is 17.7 Å². The molecule has 8 heteroatoms. The zero-order chi connectivity index (χ0) is 22.3. The van der Waals surface area contributed by atoms with Crippen LogP contribution in [0.15, 0.2) is 48.5 Å². The molecule has 0 aromatic heterocycles. The molecule has 0 unspecified atom stereocenters. The maximum Gasteiger partial charge on any atom is 0.241 e. The lowest BCUT2D eigenvalue weighted by Gasteiger charge is -2.23. The van der Waals surface area contributed by atoms with Crippen molar-refractivity contribution < 1.29 is 22.7 Å². The van der Waals surface area contributed by atoms with E-state index in [2.05, 4.69) is 5.32 Å². The number of hydrogen-bond acceptors (Lipinski definition) is 5. The molecule has 2 aromatic rings. The molecule has 0 saturated carbocycles. The predicted molar refractivity (Wildman–Crippen MR) is 119 cm³/mol. The molecule has 0 saturated heterocycles. The van der Waals surface area contributed by atoms with Crippen molar-refractivity contribution in [1.82, 2.24) is 5.32 Å². The number of nitrogens with one attached hydrogen (secondary N) is 1. The van der Waals surface area contributed by atoms with Crippen molar-refractivity contribution in [3.8, 4) is 11.5 Å². The first-order chi connectivity index (χ1) is 14.0. The van der Waals surface area contributed by atoms with Crippen LogP contribution < -0.4 is 19.1 Å². The number of benzene rings is 2. The molecule has 0 fully saturated rings. The Hall–Kier alpha value is -2.74. The molecule has 2 aromatic carbocycles. The van der Waals surface area contributed by atoms with E-state index in [0.717, 1.165) is 16.1 Å². The van der Waals surface area contributed by atoms with Gasteiger partial charge < -0.3 is 14.8 Å². The summed E-state index contributed by atoms with van der Waals surface area (Å²) in [6.45, 7) is 7.56. The molecule has 0 aliphatic rings. The normalized spacial score (nSPS) is 12.3. The average Bonchev–Trinajstić information content (AvgIpc) is 2.65. The van der Waals surface area contributed by atoms with Gasteiger partial charge in [0.15, 0.2) is 0 Å². The number of amides is 1. The molecule has 1 N–H and O–H groups in total. The zero-order valence-corrected chi connectivity index (χ0v) is 18.9. The SMILES string of the molecule is Cc1ccc(OC[C@@H](C)NC(=O)CN(c2ccc(OC(C)C)cc2)S(C)(=O)=O)cc1. The number of rotatable bonds is 10. The molecule has 0 spiro atoms. The second-order valence-electron chi connectivity index (χ2n) is 7.52. The highest BCUT2D eigenvalue weighted by molar-refractivity contribution is 7.92. The molecule has 0 radical (unpaired) electrons. The van der Waals surface area contributed by atoms with Gasteiger partial charge in [-0.3, -0.25) is 9.10 Å². The zero-order valence-electron chi connectivity index (χ0n) is 18.1. The van der Waals surface area contributed by atoms with Gasteiger partial charge in [0.2, 0.25) is 15.9 Å². The minimum atomic E-state index is -3.64. The summed E-state index contributed by atoms with van der Waals surface area (Å²) in [4.78, 5) is 12.5. The number of anilines is 1. The monoisotopic (exact) mass is 434 g/mol. The average molecular weight is 435 g/mol. The molecule has 30 heavy (non-hydrogen) atoms. The highest BCUT2D eigenvalue weighted by atomic mass is 32.2. The number of carbonyl (C=O) groups excluding carboxylic acids is 1. The van der Waals surface area contributed by atoms with Crippen LogP contribution in [0.4, 0.5) is 5.69 Å². The third kappa shape index (κ3) is 7.59. The standard InChI is InChI=1S/C22H30N2O5S/c1-16(2)29-21-12-8-19(9-13-21)24(30(5,26)27)14-22(25)23-18(4)15-28-20-10-6-17(3)7-11-20/h6-13,16,18H,14-15H2,1-5H3,(H,23,25)/t18-/m1/s1. The van der Waals surface area contributed by atoms with Gasteiger partial charge in [-0.25, -0.2) is 8.42 Å². The van der Waals surface area contributed by atoms with Gasteiger partial charge in [0.1, 0.15) is 24.7 Å². The molecule has 0 heterocycles. The maximum atomic E-state index is 12.5. The highest BCUT2D eigenvalue weighted by Gasteiger charge is 2.22. The van der Waals surface area contributed by atoms with E-state index in [4.69, 9.17) is 9.47 Å².